The predicted octanol–water partition coefficient (Wildman–Crippen LogP) is 3.83. The summed E-state index contributed by atoms with van der Waals surface area (Å²) >= 11 is 17.7. The quantitative estimate of drug-likeness (QED) is 0.796. The number of aliphatic hydroxyl groups is 1. The standard InChI is InChI=1S/C10H12Cl3NO/c11-7-5-8(12)10(9(13)6-7)14-3-1-2-4-15/h5-6,14-15H,1-4H2. The lowest BCUT2D eigenvalue weighted by Crippen LogP contribution is -2.03. The van der Waals surface area contributed by atoms with Crippen molar-refractivity contribution in [3.63, 3.8) is 0 Å². The summed E-state index contributed by atoms with van der Waals surface area (Å²) in [6.45, 7) is 0.922. The van der Waals surface area contributed by atoms with Crippen LogP contribution in [0.3, 0.4) is 0 Å². The number of hydrogen-bond acceptors (Lipinski definition) is 2. The summed E-state index contributed by atoms with van der Waals surface area (Å²) in [5.74, 6) is 0. The molecule has 0 aliphatic heterocycles. The van der Waals surface area contributed by atoms with Gasteiger partial charge in [0.25, 0.3) is 0 Å². The highest BCUT2D eigenvalue weighted by molar-refractivity contribution is 6.41. The molecule has 2 N–H and O–H groups in total. The van der Waals surface area contributed by atoms with Crippen LogP contribution in [0.2, 0.25) is 15.1 Å². The van der Waals surface area contributed by atoms with E-state index in [1.165, 1.54) is 0 Å². The number of rotatable bonds is 5. The lowest BCUT2D eigenvalue weighted by Gasteiger charge is -2.10. The van der Waals surface area contributed by atoms with Gasteiger partial charge in [0.05, 0.1) is 15.7 Å². The Kier molecular flexibility index (Phi) is 5.54. The molecule has 0 bridgehead atoms. The SMILES string of the molecule is OCCCCNc1c(Cl)cc(Cl)cc1Cl. The number of benzene rings is 1. The van der Waals surface area contributed by atoms with Crippen molar-refractivity contribution in [2.45, 2.75) is 12.8 Å². The average Bonchev–Trinajstić information content (AvgIpc) is 2.15. The molecular formula is C10H12Cl3NO. The third kappa shape index (κ3) is 4.07. The van der Waals surface area contributed by atoms with Gasteiger partial charge in [0.15, 0.2) is 0 Å². The van der Waals surface area contributed by atoms with Crippen LogP contribution in [0.5, 0.6) is 0 Å². The molecule has 1 rings (SSSR count). The van der Waals surface area contributed by atoms with Gasteiger partial charge in [0.2, 0.25) is 0 Å². The van der Waals surface area contributed by atoms with Crippen LogP contribution in [-0.4, -0.2) is 18.3 Å². The third-order valence-corrected chi connectivity index (χ3v) is 2.71. The largest absolute Gasteiger partial charge is 0.396 e. The molecule has 5 heteroatoms. The first-order chi connectivity index (χ1) is 7.15. The molecule has 0 aromatic heterocycles. The third-order valence-electron chi connectivity index (χ3n) is 1.89. The Morgan fingerprint density at radius 1 is 1.07 bits per heavy atom. The Morgan fingerprint density at radius 2 is 1.67 bits per heavy atom. The second-order valence-electron chi connectivity index (χ2n) is 3.10. The van der Waals surface area contributed by atoms with Crippen molar-refractivity contribution in [1.29, 1.82) is 0 Å². The van der Waals surface area contributed by atoms with E-state index >= 15 is 0 Å². The average molecular weight is 269 g/mol. The van der Waals surface area contributed by atoms with Gasteiger partial charge in [-0.25, -0.2) is 0 Å². The molecule has 0 unspecified atom stereocenters. The zero-order chi connectivity index (χ0) is 11.3. The van der Waals surface area contributed by atoms with Gasteiger partial charge < -0.3 is 10.4 Å². The van der Waals surface area contributed by atoms with Crippen LogP contribution < -0.4 is 5.32 Å². The van der Waals surface area contributed by atoms with E-state index in [-0.39, 0.29) is 6.61 Å². The minimum atomic E-state index is 0.198. The van der Waals surface area contributed by atoms with E-state index in [0.29, 0.717) is 20.8 Å². The molecule has 0 saturated carbocycles. The maximum atomic E-state index is 8.61. The Hall–Kier alpha value is -0.150. The Morgan fingerprint density at radius 3 is 2.20 bits per heavy atom. The topological polar surface area (TPSA) is 32.3 Å². The van der Waals surface area contributed by atoms with E-state index in [4.69, 9.17) is 39.9 Å². The van der Waals surface area contributed by atoms with Gasteiger partial charge in [-0.3, -0.25) is 0 Å². The van der Waals surface area contributed by atoms with Gasteiger partial charge in [0.1, 0.15) is 0 Å². The molecule has 0 aliphatic carbocycles. The molecule has 15 heavy (non-hydrogen) atoms. The Labute approximate surface area is 104 Å². The molecule has 2 nitrogen and oxygen atoms in total. The van der Waals surface area contributed by atoms with Crippen LogP contribution in [0.25, 0.3) is 0 Å². The summed E-state index contributed by atoms with van der Waals surface area (Å²) in [6.07, 6.45) is 1.63. The smallest absolute Gasteiger partial charge is 0.0720 e. The summed E-state index contributed by atoms with van der Waals surface area (Å²) in [4.78, 5) is 0. The van der Waals surface area contributed by atoms with E-state index in [9.17, 15) is 0 Å². The monoisotopic (exact) mass is 267 g/mol. The predicted molar refractivity (Wildman–Crippen MR) is 66.3 cm³/mol. The van der Waals surface area contributed by atoms with Crippen molar-refractivity contribution in [3.05, 3.63) is 27.2 Å². The van der Waals surface area contributed by atoms with Crippen LogP contribution in [0.15, 0.2) is 12.1 Å². The number of hydrogen-bond donors (Lipinski definition) is 2. The molecule has 0 heterocycles. The summed E-state index contributed by atoms with van der Waals surface area (Å²) in [6, 6.07) is 3.28. The van der Waals surface area contributed by atoms with Gasteiger partial charge >= 0.3 is 0 Å². The fraction of sp³-hybridized carbons (Fsp3) is 0.400. The normalized spacial score (nSPS) is 10.4. The molecule has 0 spiro atoms. The van der Waals surface area contributed by atoms with Crippen molar-refractivity contribution >= 4 is 40.5 Å². The first-order valence-corrected chi connectivity index (χ1v) is 5.78. The zero-order valence-corrected chi connectivity index (χ0v) is 10.3. The van der Waals surface area contributed by atoms with Crippen molar-refractivity contribution in [2.24, 2.45) is 0 Å². The minimum Gasteiger partial charge on any atom is -0.396 e. The lowest BCUT2D eigenvalue weighted by molar-refractivity contribution is 0.286. The maximum Gasteiger partial charge on any atom is 0.0720 e. The van der Waals surface area contributed by atoms with Crippen LogP contribution >= 0.6 is 34.8 Å². The zero-order valence-electron chi connectivity index (χ0n) is 8.06. The van der Waals surface area contributed by atoms with Crippen molar-refractivity contribution in [3.8, 4) is 0 Å². The second-order valence-corrected chi connectivity index (χ2v) is 4.35. The number of aliphatic hydroxyl groups excluding tert-OH is 1. The second kappa shape index (κ2) is 6.44. The molecule has 0 radical (unpaired) electrons. The number of nitrogens with one attached hydrogen (secondary N) is 1. The van der Waals surface area contributed by atoms with E-state index in [1.807, 2.05) is 0 Å². The van der Waals surface area contributed by atoms with E-state index < -0.39 is 0 Å². The molecule has 84 valence electrons. The highest BCUT2D eigenvalue weighted by Crippen LogP contribution is 2.33. The van der Waals surface area contributed by atoms with Crippen molar-refractivity contribution in [1.82, 2.24) is 0 Å². The molecule has 1 aromatic rings. The van der Waals surface area contributed by atoms with Gasteiger partial charge in [-0.1, -0.05) is 34.8 Å². The number of halogens is 3. The van der Waals surface area contributed by atoms with Crippen molar-refractivity contribution < 1.29 is 5.11 Å². The highest BCUT2D eigenvalue weighted by Gasteiger charge is 2.06. The fourth-order valence-corrected chi connectivity index (χ4v) is 2.11. The summed E-state index contributed by atoms with van der Waals surface area (Å²) in [7, 11) is 0. The highest BCUT2D eigenvalue weighted by atomic mass is 35.5. The van der Waals surface area contributed by atoms with E-state index in [1.54, 1.807) is 12.1 Å². The van der Waals surface area contributed by atoms with E-state index in [0.717, 1.165) is 19.4 Å². The molecule has 1 aromatic carbocycles. The summed E-state index contributed by atoms with van der Waals surface area (Å²) in [5, 5.41) is 13.3. The first kappa shape index (κ1) is 12.9. The molecular weight excluding hydrogens is 256 g/mol. The fourth-order valence-electron chi connectivity index (χ4n) is 1.16. The minimum absolute atomic E-state index is 0.198. The number of anilines is 1. The van der Waals surface area contributed by atoms with Crippen molar-refractivity contribution in [2.75, 3.05) is 18.5 Å². The maximum absolute atomic E-state index is 8.61. The van der Waals surface area contributed by atoms with Crippen LogP contribution in [-0.2, 0) is 0 Å². The lowest BCUT2D eigenvalue weighted by atomic mass is 10.3. The van der Waals surface area contributed by atoms with Gasteiger partial charge in [-0.2, -0.15) is 0 Å². The first-order valence-electron chi connectivity index (χ1n) is 4.64. The number of unbranched alkanes of at least 4 members (excludes halogenated alkanes) is 1. The molecule has 0 atom stereocenters. The Balaban J connectivity index is 2.60. The molecule has 0 aliphatic rings. The van der Waals surface area contributed by atoms with Gasteiger partial charge in [0, 0.05) is 18.2 Å². The summed E-state index contributed by atoms with van der Waals surface area (Å²) in [5.41, 5.74) is 0.695. The van der Waals surface area contributed by atoms with Crippen LogP contribution in [0.4, 0.5) is 5.69 Å². The summed E-state index contributed by atoms with van der Waals surface area (Å²) < 4.78 is 0. The van der Waals surface area contributed by atoms with E-state index in [2.05, 4.69) is 5.32 Å². The van der Waals surface area contributed by atoms with Crippen LogP contribution in [0.1, 0.15) is 12.8 Å². The van der Waals surface area contributed by atoms with Gasteiger partial charge in [-0.05, 0) is 25.0 Å². The molecule has 0 fully saturated rings. The van der Waals surface area contributed by atoms with Gasteiger partial charge in [-0.15, -0.1) is 0 Å². The molecule has 0 saturated heterocycles. The molecule has 0 amide bonds. The van der Waals surface area contributed by atoms with Crippen LogP contribution in [0, 0.1) is 0 Å². The Bertz CT molecular complexity index is 307.